The molecule has 0 amide bonds. The average Bonchev–Trinajstić information content (AvgIpc) is 3.42. The Morgan fingerprint density at radius 3 is 2.42 bits per heavy atom. The van der Waals surface area contributed by atoms with Crippen LogP contribution in [0.4, 0.5) is 10.8 Å². The molecular formula is C23H27Cl2N4O2S2-. The maximum Gasteiger partial charge on any atom is 0.209 e. The van der Waals surface area contributed by atoms with Gasteiger partial charge in [0.2, 0.25) is 11.0 Å². The second kappa shape index (κ2) is 12.1. The number of rotatable bonds is 11. The van der Waals surface area contributed by atoms with Gasteiger partial charge in [0.1, 0.15) is 5.76 Å². The lowest BCUT2D eigenvalue weighted by Crippen LogP contribution is -2.27. The van der Waals surface area contributed by atoms with Gasteiger partial charge in [-0.2, -0.15) is 0 Å². The van der Waals surface area contributed by atoms with Crippen molar-refractivity contribution in [3.05, 3.63) is 53.9 Å². The van der Waals surface area contributed by atoms with Crippen molar-refractivity contribution in [1.29, 1.82) is 0 Å². The standard InChI is InChI=1S/C23H28Cl2N4O2S2/c1-23(2,3)18-13-26-20(31-18)15-32-21-14-27-22(33-21)28-19(30)12-16-4-6-17(7-5-16)29(10-8-24)11-9-25/h4-7,13-14H,8-12,15H2,1-3H3,(H,27,28,30)/p-1. The number of hydrogen-bond donors (Lipinski definition) is 0. The van der Waals surface area contributed by atoms with Gasteiger partial charge in [-0.1, -0.05) is 44.2 Å². The van der Waals surface area contributed by atoms with Crippen LogP contribution < -0.4 is 10.0 Å². The van der Waals surface area contributed by atoms with E-state index in [-0.39, 0.29) is 17.7 Å². The second-order valence-electron chi connectivity index (χ2n) is 8.33. The topological polar surface area (TPSA) is 77.6 Å². The lowest BCUT2D eigenvalue weighted by molar-refractivity contribution is -0.217. The molecule has 6 nitrogen and oxygen atoms in total. The molecule has 0 saturated heterocycles. The molecule has 0 atom stereocenters. The van der Waals surface area contributed by atoms with Gasteiger partial charge in [0.25, 0.3) is 0 Å². The Hall–Kier alpha value is -1.74. The van der Waals surface area contributed by atoms with Crippen LogP contribution in [-0.2, 0) is 17.6 Å². The number of anilines is 1. The van der Waals surface area contributed by atoms with Gasteiger partial charge in [-0.25, -0.2) is 15.0 Å². The van der Waals surface area contributed by atoms with Crippen molar-refractivity contribution < 1.29 is 9.52 Å². The summed E-state index contributed by atoms with van der Waals surface area (Å²) in [4.78, 5) is 14.9. The van der Waals surface area contributed by atoms with E-state index >= 15 is 0 Å². The third kappa shape index (κ3) is 7.91. The second-order valence-corrected chi connectivity index (χ2v) is 11.4. The van der Waals surface area contributed by atoms with E-state index in [0.29, 0.717) is 28.5 Å². The number of benzene rings is 1. The molecule has 0 saturated carbocycles. The quantitative estimate of drug-likeness (QED) is 0.139. The smallest absolute Gasteiger partial charge is 0.209 e. The maximum atomic E-state index is 12.4. The number of alkyl halides is 2. The lowest BCUT2D eigenvalue weighted by Gasteiger charge is -2.23. The number of nitrogens with zero attached hydrogens (tertiary/aromatic N) is 4. The first-order valence-corrected chi connectivity index (χ1v) is 13.4. The molecule has 10 heteroatoms. The molecule has 0 N–H and O–H groups in total. The summed E-state index contributed by atoms with van der Waals surface area (Å²) in [6.45, 7) is 7.71. The molecule has 0 radical (unpaired) electrons. The van der Waals surface area contributed by atoms with Crippen LogP contribution in [0, 0.1) is 0 Å². The number of thiazole rings is 1. The van der Waals surface area contributed by atoms with Crippen LogP contribution in [0.1, 0.15) is 38.0 Å². The fraction of sp³-hybridized carbons (Fsp3) is 0.435. The maximum absolute atomic E-state index is 12.4. The van der Waals surface area contributed by atoms with Crippen molar-refractivity contribution in [2.45, 2.75) is 42.6 Å². The molecule has 0 aliphatic carbocycles. The van der Waals surface area contributed by atoms with Gasteiger partial charge < -0.3 is 14.4 Å². The van der Waals surface area contributed by atoms with E-state index in [9.17, 15) is 5.11 Å². The SMILES string of the molecule is CC(C)(C)c1cnc(CSc2cnc(/N=C(\[O-])Cc3ccc(N(CCCl)CCCl)cc3)s2)o1. The van der Waals surface area contributed by atoms with Crippen LogP contribution in [0.15, 0.2) is 50.3 Å². The van der Waals surface area contributed by atoms with Gasteiger partial charge in [-0.3, -0.25) is 0 Å². The van der Waals surface area contributed by atoms with Crippen molar-refractivity contribution >= 4 is 63.0 Å². The molecule has 0 unspecified atom stereocenters. The number of thioether (sulfide) groups is 1. The first-order chi connectivity index (χ1) is 15.8. The molecule has 3 aromatic rings. The summed E-state index contributed by atoms with van der Waals surface area (Å²) in [6.07, 6.45) is 3.73. The van der Waals surface area contributed by atoms with E-state index in [1.807, 2.05) is 24.3 Å². The first-order valence-electron chi connectivity index (χ1n) is 10.5. The van der Waals surface area contributed by atoms with Gasteiger partial charge in [0.15, 0.2) is 0 Å². The van der Waals surface area contributed by atoms with Gasteiger partial charge in [-0.05, 0) is 23.6 Å². The minimum Gasteiger partial charge on any atom is -0.861 e. The van der Waals surface area contributed by atoms with Gasteiger partial charge in [0, 0.05) is 42.4 Å². The number of aliphatic imine (C=N–C) groups is 1. The van der Waals surface area contributed by atoms with E-state index in [1.165, 1.54) is 11.3 Å². The summed E-state index contributed by atoms with van der Waals surface area (Å²) in [5, 5.41) is 12.9. The fourth-order valence-corrected chi connectivity index (χ4v) is 5.05. The molecule has 0 aliphatic rings. The zero-order valence-electron chi connectivity index (χ0n) is 18.9. The minimum atomic E-state index is -0.227. The van der Waals surface area contributed by atoms with Crippen molar-refractivity contribution in [2.24, 2.45) is 4.99 Å². The van der Waals surface area contributed by atoms with Crippen molar-refractivity contribution in [3.8, 4) is 0 Å². The normalized spacial score (nSPS) is 12.3. The van der Waals surface area contributed by atoms with Gasteiger partial charge >= 0.3 is 0 Å². The van der Waals surface area contributed by atoms with Crippen LogP contribution in [0.3, 0.4) is 0 Å². The molecule has 0 bridgehead atoms. The Morgan fingerprint density at radius 2 is 1.82 bits per heavy atom. The van der Waals surface area contributed by atoms with Crippen molar-refractivity contribution in [3.63, 3.8) is 0 Å². The summed E-state index contributed by atoms with van der Waals surface area (Å²) in [7, 11) is 0. The fourth-order valence-electron chi connectivity index (χ4n) is 2.95. The summed E-state index contributed by atoms with van der Waals surface area (Å²) >= 11 is 14.7. The van der Waals surface area contributed by atoms with E-state index in [1.54, 1.807) is 24.2 Å². The van der Waals surface area contributed by atoms with Crippen LogP contribution >= 0.6 is 46.3 Å². The molecule has 0 spiro atoms. The first kappa shape index (κ1) is 25.9. The minimum absolute atomic E-state index is 0.0686. The zero-order valence-corrected chi connectivity index (χ0v) is 22.0. The zero-order chi connectivity index (χ0) is 23.8. The molecular weight excluding hydrogens is 499 g/mol. The van der Waals surface area contributed by atoms with E-state index in [0.717, 1.165) is 34.3 Å². The van der Waals surface area contributed by atoms with Gasteiger partial charge in [-0.15, -0.1) is 35.0 Å². The summed E-state index contributed by atoms with van der Waals surface area (Å²) in [5.74, 6) is 2.96. The highest BCUT2D eigenvalue weighted by Gasteiger charge is 2.19. The van der Waals surface area contributed by atoms with Crippen LogP contribution in [-0.4, -0.2) is 40.7 Å². The third-order valence-electron chi connectivity index (χ3n) is 4.69. The van der Waals surface area contributed by atoms with E-state index in [4.69, 9.17) is 27.6 Å². The Morgan fingerprint density at radius 1 is 1.12 bits per heavy atom. The van der Waals surface area contributed by atoms with Crippen LogP contribution in [0.2, 0.25) is 0 Å². The van der Waals surface area contributed by atoms with Crippen LogP contribution in [0.25, 0.3) is 0 Å². The highest BCUT2D eigenvalue weighted by atomic mass is 35.5. The van der Waals surface area contributed by atoms with Crippen molar-refractivity contribution in [2.75, 3.05) is 29.7 Å². The van der Waals surface area contributed by atoms with Crippen LogP contribution in [0.5, 0.6) is 0 Å². The summed E-state index contributed by atoms with van der Waals surface area (Å²) in [5.41, 5.74) is 1.86. The Labute approximate surface area is 213 Å². The highest BCUT2D eigenvalue weighted by molar-refractivity contribution is 8.00. The molecule has 3 rings (SSSR count). The molecule has 2 heterocycles. The molecule has 178 valence electrons. The van der Waals surface area contributed by atoms with Gasteiger partial charge in [0.05, 0.1) is 22.4 Å². The molecule has 0 fully saturated rings. The monoisotopic (exact) mass is 525 g/mol. The molecule has 2 aromatic heterocycles. The largest absolute Gasteiger partial charge is 0.861 e. The molecule has 0 aliphatic heterocycles. The Kier molecular flexibility index (Phi) is 9.49. The van der Waals surface area contributed by atoms with E-state index in [2.05, 4.69) is 40.6 Å². The van der Waals surface area contributed by atoms with Crippen molar-refractivity contribution in [1.82, 2.24) is 9.97 Å². The molecule has 1 aromatic carbocycles. The Balaban J connectivity index is 1.55. The summed E-state index contributed by atoms with van der Waals surface area (Å²) in [6, 6.07) is 7.83. The lowest BCUT2D eigenvalue weighted by atomic mass is 9.94. The van der Waals surface area contributed by atoms with E-state index < -0.39 is 0 Å². The predicted molar refractivity (Wildman–Crippen MR) is 138 cm³/mol. The highest BCUT2D eigenvalue weighted by Crippen LogP contribution is 2.33. The number of hydrogen-bond acceptors (Lipinski definition) is 8. The Bertz CT molecular complexity index is 1040. The molecule has 33 heavy (non-hydrogen) atoms. The summed E-state index contributed by atoms with van der Waals surface area (Å²) < 4.78 is 6.77. The number of oxazole rings is 1. The number of halogens is 2. The third-order valence-corrected chi connectivity index (χ3v) is 7.10. The average molecular weight is 527 g/mol. The number of aromatic nitrogens is 2. The predicted octanol–water partition coefficient (Wildman–Crippen LogP) is 5.64.